The molecule has 0 aliphatic heterocycles. The van der Waals surface area contributed by atoms with Crippen LogP contribution in [0.4, 0.5) is 0 Å². The van der Waals surface area contributed by atoms with Crippen molar-refractivity contribution >= 4 is 0 Å². The largest absolute Gasteiger partial charge is 0.379 e. The summed E-state index contributed by atoms with van der Waals surface area (Å²) in [5.41, 5.74) is 0. The zero-order valence-electron chi connectivity index (χ0n) is 24.5. The van der Waals surface area contributed by atoms with E-state index in [1.807, 2.05) is 0 Å². The van der Waals surface area contributed by atoms with Gasteiger partial charge in [0.2, 0.25) is 0 Å². The van der Waals surface area contributed by atoms with E-state index in [1.165, 1.54) is 12.8 Å². The Balaban J connectivity index is 3.02. The van der Waals surface area contributed by atoms with Crippen LogP contribution in [0.25, 0.3) is 0 Å². The second-order valence-electron chi connectivity index (χ2n) is 8.19. The van der Waals surface area contributed by atoms with Gasteiger partial charge < -0.3 is 52.1 Å². The van der Waals surface area contributed by atoms with Crippen LogP contribution in [0.3, 0.4) is 0 Å². The van der Waals surface area contributed by atoms with E-state index in [2.05, 4.69) is 13.5 Å². The van der Waals surface area contributed by atoms with Crippen molar-refractivity contribution in [2.24, 2.45) is 0 Å². The summed E-state index contributed by atoms with van der Waals surface area (Å²) in [6.07, 6.45) is 5.26. The smallest absolute Gasteiger partial charge is 0.0704 e. The lowest BCUT2D eigenvalue weighted by Gasteiger charge is -2.09. The van der Waals surface area contributed by atoms with Gasteiger partial charge in [-0.3, -0.25) is 0 Å². The third kappa shape index (κ3) is 37.3. The van der Waals surface area contributed by atoms with E-state index in [1.54, 1.807) is 6.08 Å². The molecule has 11 nitrogen and oxygen atoms in total. The highest BCUT2D eigenvalue weighted by molar-refractivity contribution is 4.63. The van der Waals surface area contributed by atoms with Crippen LogP contribution in [-0.4, -0.2) is 145 Å². The molecule has 0 atom stereocenters. The van der Waals surface area contributed by atoms with E-state index in [0.717, 1.165) is 13.0 Å². The third-order valence-corrected chi connectivity index (χ3v) is 4.85. The fourth-order valence-corrected chi connectivity index (χ4v) is 2.82. The maximum Gasteiger partial charge on any atom is 0.0704 e. The molecule has 0 aromatic carbocycles. The standard InChI is InChI=1S/C28H56O11/c1-3-5-6-8-30-10-12-32-14-16-34-18-20-36-22-24-38-26-28-39-27-25-37-23-21-35-19-17-33-15-13-31-11-9-29-7-4-2/h4H,2-3,5-28H2,1H3. The Morgan fingerprint density at radius 3 is 0.795 bits per heavy atom. The Morgan fingerprint density at radius 2 is 0.564 bits per heavy atom. The molecule has 234 valence electrons. The summed E-state index contributed by atoms with van der Waals surface area (Å²) >= 11 is 0. The van der Waals surface area contributed by atoms with Crippen LogP contribution >= 0.6 is 0 Å². The van der Waals surface area contributed by atoms with Gasteiger partial charge in [0.05, 0.1) is 139 Å². The minimum atomic E-state index is 0.522. The predicted octanol–water partition coefficient (Wildman–Crippen LogP) is 2.55. The van der Waals surface area contributed by atoms with Gasteiger partial charge in [0.15, 0.2) is 0 Å². The zero-order valence-corrected chi connectivity index (χ0v) is 24.5. The molecule has 0 fully saturated rings. The molecule has 0 bridgehead atoms. The van der Waals surface area contributed by atoms with Gasteiger partial charge in [-0.1, -0.05) is 25.8 Å². The third-order valence-electron chi connectivity index (χ3n) is 4.85. The summed E-state index contributed by atoms with van der Waals surface area (Å²) in [5.74, 6) is 0. The van der Waals surface area contributed by atoms with Crippen molar-refractivity contribution in [3.05, 3.63) is 12.7 Å². The van der Waals surface area contributed by atoms with E-state index in [9.17, 15) is 0 Å². The Bertz CT molecular complexity index is 444. The Morgan fingerprint density at radius 1 is 0.333 bits per heavy atom. The van der Waals surface area contributed by atoms with Crippen LogP contribution in [0.15, 0.2) is 12.7 Å². The summed E-state index contributed by atoms with van der Waals surface area (Å²) < 4.78 is 59.7. The van der Waals surface area contributed by atoms with Gasteiger partial charge in [-0.15, -0.1) is 6.58 Å². The van der Waals surface area contributed by atoms with Crippen LogP contribution in [0.1, 0.15) is 26.2 Å². The second kappa shape index (κ2) is 37.3. The Hall–Kier alpha value is -0.700. The summed E-state index contributed by atoms with van der Waals surface area (Å²) in [6.45, 7) is 18.1. The molecule has 0 unspecified atom stereocenters. The first-order chi connectivity index (χ1) is 19.4. The monoisotopic (exact) mass is 568 g/mol. The van der Waals surface area contributed by atoms with E-state index < -0.39 is 0 Å². The van der Waals surface area contributed by atoms with Gasteiger partial charge in [0, 0.05) is 6.61 Å². The fourth-order valence-electron chi connectivity index (χ4n) is 2.82. The number of unbranched alkanes of at least 4 members (excludes halogenated alkanes) is 2. The van der Waals surface area contributed by atoms with Crippen LogP contribution in [0, 0.1) is 0 Å². The van der Waals surface area contributed by atoms with Gasteiger partial charge in [-0.05, 0) is 6.42 Å². The van der Waals surface area contributed by atoms with Crippen LogP contribution in [0.2, 0.25) is 0 Å². The molecule has 0 saturated heterocycles. The van der Waals surface area contributed by atoms with Crippen LogP contribution in [0.5, 0.6) is 0 Å². The van der Waals surface area contributed by atoms with Crippen molar-refractivity contribution in [3.63, 3.8) is 0 Å². The maximum atomic E-state index is 5.48. The first kappa shape index (κ1) is 38.3. The molecule has 0 heterocycles. The Kier molecular flexibility index (Phi) is 36.6. The van der Waals surface area contributed by atoms with Crippen molar-refractivity contribution in [2.75, 3.05) is 145 Å². The maximum absolute atomic E-state index is 5.48. The van der Waals surface area contributed by atoms with Crippen molar-refractivity contribution in [1.82, 2.24) is 0 Å². The van der Waals surface area contributed by atoms with Gasteiger partial charge in [0.25, 0.3) is 0 Å². The molecule has 0 aliphatic rings. The highest BCUT2D eigenvalue weighted by Gasteiger charge is 1.96. The lowest BCUT2D eigenvalue weighted by Crippen LogP contribution is -2.15. The van der Waals surface area contributed by atoms with Crippen molar-refractivity contribution in [1.29, 1.82) is 0 Å². The Labute approximate surface area is 236 Å². The fraction of sp³-hybridized carbons (Fsp3) is 0.929. The molecule has 0 saturated carbocycles. The minimum absolute atomic E-state index is 0.522. The highest BCUT2D eigenvalue weighted by atomic mass is 16.6. The highest BCUT2D eigenvalue weighted by Crippen LogP contribution is 1.94. The summed E-state index contributed by atoms with van der Waals surface area (Å²) in [5, 5.41) is 0. The summed E-state index contributed by atoms with van der Waals surface area (Å²) in [7, 11) is 0. The first-order valence-electron chi connectivity index (χ1n) is 14.4. The van der Waals surface area contributed by atoms with Gasteiger partial charge in [-0.25, -0.2) is 0 Å². The summed E-state index contributed by atoms with van der Waals surface area (Å²) in [6, 6.07) is 0. The molecule has 0 N–H and O–H groups in total. The van der Waals surface area contributed by atoms with E-state index in [0.29, 0.717) is 139 Å². The molecule has 0 spiro atoms. The zero-order chi connectivity index (χ0) is 28.2. The normalized spacial score (nSPS) is 11.4. The first-order valence-corrected chi connectivity index (χ1v) is 14.4. The molecule has 0 rings (SSSR count). The number of hydrogen-bond donors (Lipinski definition) is 0. The van der Waals surface area contributed by atoms with E-state index >= 15 is 0 Å². The number of ether oxygens (including phenoxy) is 11. The molecule has 0 radical (unpaired) electrons. The molecular weight excluding hydrogens is 512 g/mol. The summed E-state index contributed by atoms with van der Waals surface area (Å²) in [4.78, 5) is 0. The second-order valence-corrected chi connectivity index (χ2v) is 8.19. The molecule has 0 aromatic rings. The SMILES string of the molecule is C=CCOCCOCCOCCOCCOCCOCCOCCOCCOCCOCCOCCCCC. The molecule has 0 amide bonds. The van der Waals surface area contributed by atoms with Crippen molar-refractivity contribution in [3.8, 4) is 0 Å². The topological polar surface area (TPSA) is 102 Å². The molecule has 0 aliphatic carbocycles. The lowest BCUT2D eigenvalue weighted by molar-refractivity contribution is -0.0273. The minimum Gasteiger partial charge on any atom is -0.379 e. The van der Waals surface area contributed by atoms with E-state index in [-0.39, 0.29) is 0 Å². The van der Waals surface area contributed by atoms with Gasteiger partial charge in [-0.2, -0.15) is 0 Å². The van der Waals surface area contributed by atoms with Gasteiger partial charge in [0.1, 0.15) is 0 Å². The van der Waals surface area contributed by atoms with Crippen molar-refractivity contribution < 1.29 is 52.1 Å². The molecule has 0 aromatic heterocycles. The number of rotatable bonds is 36. The molecular formula is C28H56O11. The number of hydrogen-bond acceptors (Lipinski definition) is 11. The quantitative estimate of drug-likeness (QED) is 0.0823. The van der Waals surface area contributed by atoms with Crippen molar-refractivity contribution in [2.45, 2.75) is 26.2 Å². The average Bonchev–Trinajstić information content (AvgIpc) is 2.95. The molecule has 39 heavy (non-hydrogen) atoms. The predicted molar refractivity (Wildman–Crippen MR) is 149 cm³/mol. The molecule has 11 heteroatoms. The van der Waals surface area contributed by atoms with Crippen LogP contribution in [-0.2, 0) is 52.1 Å². The van der Waals surface area contributed by atoms with E-state index in [4.69, 9.17) is 52.1 Å². The lowest BCUT2D eigenvalue weighted by atomic mass is 10.3. The van der Waals surface area contributed by atoms with Crippen LogP contribution < -0.4 is 0 Å². The average molecular weight is 569 g/mol. The van der Waals surface area contributed by atoms with Gasteiger partial charge >= 0.3 is 0 Å².